The largest absolute Gasteiger partial charge is 0.504 e. The van der Waals surface area contributed by atoms with Crippen molar-refractivity contribution in [2.45, 2.75) is 55.3 Å². The molecule has 1 N–H and O–H groups in total. The monoisotopic (exact) mass is 590 g/mol. The molecule has 1 saturated heterocycles. The maximum absolute atomic E-state index is 14.1. The number of halogens is 1. The Bertz CT molecular complexity index is 1790. The van der Waals surface area contributed by atoms with Crippen molar-refractivity contribution in [2.24, 2.45) is 5.92 Å². The van der Waals surface area contributed by atoms with E-state index in [1.54, 1.807) is 6.07 Å². The predicted molar refractivity (Wildman–Crippen MR) is 163 cm³/mol. The van der Waals surface area contributed by atoms with Crippen molar-refractivity contribution in [2.75, 3.05) is 13.1 Å². The zero-order valence-electron chi connectivity index (χ0n) is 23.6. The van der Waals surface area contributed by atoms with Crippen LogP contribution >= 0.6 is 11.6 Å². The van der Waals surface area contributed by atoms with E-state index in [1.807, 2.05) is 66.9 Å². The Morgan fingerprint density at radius 2 is 1.86 bits per heavy atom. The molecule has 2 aliphatic heterocycles. The first kappa shape index (κ1) is 25.6. The SMILES string of the molecule is O=C(O[C@@]12Cc3cc(-c4ccc(Cl)cc4)cnc3[C@@H]3Oc4c(O)ccc5c4[C@@]31CCN(CC1CC1)C2C5)c1ccccc1. The molecule has 1 spiro atoms. The minimum absolute atomic E-state index is 0.0315. The van der Waals surface area contributed by atoms with Gasteiger partial charge < -0.3 is 14.6 Å². The molecule has 4 aromatic rings. The summed E-state index contributed by atoms with van der Waals surface area (Å²) in [4.78, 5) is 21.8. The van der Waals surface area contributed by atoms with Crippen LogP contribution in [0.15, 0.2) is 79.0 Å². The molecule has 216 valence electrons. The van der Waals surface area contributed by atoms with Crippen LogP contribution in [0.4, 0.5) is 0 Å². The highest BCUT2D eigenvalue weighted by Gasteiger charge is 2.75. The van der Waals surface area contributed by atoms with Crippen molar-refractivity contribution < 1.29 is 19.4 Å². The lowest BCUT2D eigenvalue weighted by atomic mass is 9.48. The van der Waals surface area contributed by atoms with E-state index < -0.39 is 17.1 Å². The number of phenols is 1. The van der Waals surface area contributed by atoms with E-state index in [1.165, 1.54) is 18.4 Å². The van der Waals surface area contributed by atoms with E-state index in [0.717, 1.165) is 53.9 Å². The van der Waals surface area contributed by atoms with Crippen molar-refractivity contribution in [3.05, 3.63) is 112 Å². The van der Waals surface area contributed by atoms with Gasteiger partial charge in [0, 0.05) is 35.3 Å². The summed E-state index contributed by atoms with van der Waals surface area (Å²) >= 11 is 6.20. The van der Waals surface area contributed by atoms with Crippen LogP contribution in [0, 0.1) is 5.92 Å². The number of carbonyl (C=O) groups excluding carboxylic acids is 1. The average Bonchev–Trinajstić information content (AvgIpc) is 3.77. The third-order valence-corrected chi connectivity index (χ3v) is 10.9. The number of piperidine rings is 1. The molecular formula is C36H31ClN2O4. The summed E-state index contributed by atoms with van der Waals surface area (Å²) in [5, 5.41) is 11.8. The van der Waals surface area contributed by atoms with Gasteiger partial charge in [0.25, 0.3) is 0 Å². The van der Waals surface area contributed by atoms with Gasteiger partial charge in [0.05, 0.1) is 22.7 Å². The molecule has 2 bridgehead atoms. The smallest absolute Gasteiger partial charge is 0.338 e. The van der Waals surface area contributed by atoms with E-state index in [-0.39, 0.29) is 17.8 Å². The van der Waals surface area contributed by atoms with Crippen LogP contribution in [0.2, 0.25) is 5.02 Å². The molecule has 2 fully saturated rings. The Hall–Kier alpha value is -3.87. The number of likely N-dealkylation sites (tertiary alicyclic amines) is 1. The number of hydrogen-bond acceptors (Lipinski definition) is 6. The molecule has 0 amide bonds. The number of carbonyl (C=O) groups is 1. The lowest BCUT2D eigenvalue weighted by molar-refractivity contribution is -0.176. The van der Waals surface area contributed by atoms with Crippen molar-refractivity contribution in [3.8, 4) is 22.6 Å². The fraction of sp³-hybridized carbons (Fsp3) is 0.333. The van der Waals surface area contributed by atoms with Gasteiger partial charge in [-0.05, 0) is 91.2 Å². The minimum atomic E-state index is -0.906. The van der Waals surface area contributed by atoms with E-state index in [9.17, 15) is 9.90 Å². The molecule has 6 nitrogen and oxygen atoms in total. The van der Waals surface area contributed by atoms with E-state index in [4.69, 9.17) is 26.1 Å². The molecule has 1 aromatic heterocycles. The first-order valence-corrected chi connectivity index (χ1v) is 15.6. The van der Waals surface area contributed by atoms with Gasteiger partial charge in [0.1, 0.15) is 5.60 Å². The summed E-state index contributed by atoms with van der Waals surface area (Å²) in [7, 11) is 0. The molecule has 0 radical (unpaired) electrons. The van der Waals surface area contributed by atoms with Crippen molar-refractivity contribution in [3.63, 3.8) is 0 Å². The third kappa shape index (κ3) is 3.57. The van der Waals surface area contributed by atoms with Gasteiger partial charge in [-0.25, -0.2) is 4.79 Å². The highest BCUT2D eigenvalue weighted by Crippen LogP contribution is 2.69. The van der Waals surface area contributed by atoms with Gasteiger partial charge in [-0.3, -0.25) is 9.88 Å². The standard InChI is InChI=1S/C36H31ClN2O4/c37-27-11-8-22(9-12-27)26-16-25-18-36(43-34(41)23-4-2-1-3-5-23)29-17-24-10-13-28(40)32-30(24)35(36,33(42-32)31(25)38-19-26)14-15-39(29)20-21-6-7-21/h1-5,8-13,16,19,21,29,33,40H,6-7,14-15,17-18,20H2/t29?,33-,35-,36+/m0/s1. The first-order chi connectivity index (χ1) is 21.0. The van der Waals surface area contributed by atoms with E-state index in [2.05, 4.69) is 11.0 Å². The van der Waals surface area contributed by atoms with E-state index in [0.29, 0.717) is 28.7 Å². The molecule has 3 aromatic carbocycles. The molecule has 43 heavy (non-hydrogen) atoms. The van der Waals surface area contributed by atoms with Gasteiger partial charge in [0.15, 0.2) is 17.6 Å². The minimum Gasteiger partial charge on any atom is -0.504 e. The third-order valence-electron chi connectivity index (χ3n) is 10.6. The van der Waals surface area contributed by atoms with Gasteiger partial charge in [-0.15, -0.1) is 0 Å². The number of hydrogen-bond donors (Lipinski definition) is 1. The lowest BCUT2D eigenvalue weighted by Gasteiger charge is -2.64. The molecule has 1 saturated carbocycles. The fourth-order valence-electron chi connectivity index (χ4n) is 8.60. The number of rotatable bonds is 5. The zero-order valence-corrected chi connectivity index (χ0v) is 24.4. The van der Waals surface area contributed by atoms with Gasteiger partial charge in [-0.2, -0.15) is 0 Å². The maximum atomic E-state index is 14.1. The summed E-state index contributed by atoms with van der Waals surface area (Å²) in [6.07, 6.45) is 5.94. The quantitative estimate of drug-likeness (QED) is 0.262. The summed E-state index contributed by atoms with van der Waals surface area (Å²) in [5.74, 6) is 1.02. The highest BCUT2D eigenvalue weighted by molar-refractivity contribution is 6.30. The lowest BCUT2D eigenvalue weighted by Crippen LogP contribution is -2.76. The molecule has 3 aliphatic carbocycles. The summed E-state index contributed by atoms with van der Waals surface area (Å²) in [5.41, 5.74) is 5.03. The molecule has 1 unspecified atom stereocenters. The summed E-state index contributed by atoms with van der Waals surface area (Å²) < 4.78 is 13.8. The van der Waals surface area contributed by atoms with Gasteiger partial charge in [-0.1, -0.05) is 48.0 Å². The Morgan fingerprint density at radius 1 is 1.05 bits per heavy atom. The first-order valence-electron chi connectivity index (χ1n) is 15.3. The number of aromatic nitrogens is 1. The number of benzene rings is 3. The number of ether oxygens (including phenoxy) is 2. The molecule has 7 heteroatoms. The highest BCUT2D eigenvalue weighted by atomic mass is 35.5. The van der Waals surface area contributed by atoms with Crippen LogP contribution in [0.3, 0.4) is 0 Å². The second-order valence-corrected chi connectivity index (χ2v) is 13.4. The second kappa shape index (κ2) is 9.07. The normalized spacial score (nSPS) is 28.0. The van der Waals surface area contributed by atoms with Crippen LogP contribution in [0.5, 0.6) is 11.5 Å². The fourth-order valence-corrected chi connectivity index (χ4v) is 8.73. The van der Waals surface area contributed by atoms with Crippen LogP contribution in [0.1, 0.15) is 58.1 Å². The van der Waals surface area contributed by atoms with Crippen LogP contribution < -0.4 is 4.74 Å². The predicted octanol–water partition coefficient (Wildman–Crippen LogP) is 6.67. The molecule has 9 rings (SSSR count). The number of fused-ring (bicyclic) bond motifs is 2. The van der Waals surface area contributed by atoms with Gasteiger partial charge in [0.2, 0.25) is 0 Å². The molecule has 4 atom stereocenters. The maximum Gasteiger partial charge on any atom is 0.338 e. The number of aromatic hydroxyl groups is 1. The van der Waals surface area contributed by atoms with Crippen LogP contribution in [-0.2, 0) is 23.0 Å². The van der Waals surface area contributed by atoms with Gasteiger partial charge >= 0.3 is 5.97 Å². The van der Waals surface area contributed by atoms with Crippen molar-refractivity contribution in [1.82, 2.24) is 9.88 Å². The average molecular weight is 591 g/mol. The molecular weight excluding hydrogens is 560 g/mol. The number of esters is 1. The summed E-state index contributed by atoms with van der Waals surface area (Å²) in [6, 6.07) is 23.0. The number of pyridine rings is 1. The molecule has 3 heterocycles. The topological polar surface area (TPSA) is 71.9 Å². The molecule has 5 aliphatic rings. The number of nitrogens with zero attached hydrogens (tertiary/aromatic N) is 2. The summed E-state index contributed by atoms with van der Waals surface area (Å²) in [6.45, 7) is 1.89. The van der Waals surface area contributed by atoms with Crippen LogP contribution in [-0.4, -0.2) is 45.7 Å². The zero-order chi connectivity index (χ0) is 28.9. The van der Waals surface area contributed by atoms with Crippen molar-refractivity contribution in [1.29, 1.82) is 0 Å². The Labute approximate surface area is 255 Å². The van der Waals surface area contributed by atoms with E-state index >= 15 is 0 Å². The Balaban J connectivity index is 1.27. The van der Waals surface area contributed by atoms with Crippen molar-refractivity contribution >= 4 is 17.6 Å². The van der Waals surface area contributed by atoms with Crippen LogP contribution in [0.25, 0.3) is 11.1 Å². The second-order valence-electron chi connectivity index (χ2n) is 12.9. The Kier molecular flexibility index (Phi) is 5.40. The number of phenolic OH excluding ortho intramolecular Hbond substituents is 1. The Morgan fingerprint density at radius 3 is 2.65 bits per heavy atom.